The van der Waals surface area contributed by atoms with Gasteiger partial charge in [-0.1, -0.05) is 17.7 Å². The van der Waals surface area contributed by atoms with Gasteiger partial charge >= 0.3 is 0 Å². The van der Waals surface area contributed by atoms with E-state index < -0.39 is 10.0 Å². The van der Waals surface area contributed by atoms with Gasteiger partial charge in [-0.2, -0.15) is 10.5 Å². The fourth-order valence-electron chi connectivity index (χ4n) is 1.74. The lowest BCUT2D eigenvalue weighted by atomic mass is 10.3. The van der Waals surface area contributed by atoms with Crippen LogP contribution in [-0.2, 0) is 10.0 Å². The van der Waals surface area contributed by atoms with Crippen LogP contribution >= 0.6 is 11.6 Å². The topological polar surface area (TPSA) is 106 Å². The van der Waals surface area contributed by atoms with E-state index in [2.05, 4.69) is 10.0 Å². The van der Waals surface area contributed by atoms with Gasteiger partial charge in [0.05, 0.1) is 10.6 Å². The second kappa shape index (κ2) is 7.51. The van der Waals surface area contributed by atoms with E-state index in [9.17, 15) is 8.42 Å². The summed E-state index contributed by atoms with van der Waals surface area (Å²) in [4.78, 5) is 0.0674. The fourth-order valence-corrected chi connectivity index (χ4v) is 2.98. The number of anilines is 2. The molecule has 2 aromatic carbocycles. The lowest BCUT2D eigenvalue weighted by Crippen LogP contribution is -2.12. The summed E-state index contributed by atoms with van der Waals surface area (Å²) in [7, 11) is -3.74. The van der Waals surface area contributed by atoms with Crippen molar-refractivity contribution in [2.75, 3.05) is 10.0 Å². The summed E-state index contributed by atoms with van der Waals surface area (Å²) in [5.74, 6) is 0. The molecule has 0 aromatic heterocycles. The van der Waals surface area contributed by atoms with Crippen LogP contribution in [0.15, 0.2) is 65.2 Å². The van der Waals surface area contributed by atoms with Gasteiger partial charge in [0.25, 0.3) is 10.0 Å². The average molecular weight is 359 g/mol. The number of benzene rings is 2. The summed E-state index contributed by atoms with van der Waals surface area (Å²) >= 11 is 5.83. The minimum atomic E-state index is -3.74. The molecule has 0 aliphatic rings. The molecule has 0 saturated carbocycles. The first-order chi connectivity index (χ1) is 11.4. The van der Waals surface area contributed by atoms with Gasteiger partial charge in [0, 0.05) is 16.9 Å². The highest BCUT2D eigenvalue weighted by atomic mass is 35.5. The number of nitriles is 2. The van der Waals surface area contributed by atoms with Gasteiger partial charge in [-0.3, -0.25) is 4.72 Å². The molecule has 6 nitrogen and oxygen atoms in total. The van der Waals surface area contributed by atoms with E-state index >= 15 is 0 Å². The Morgan fingerprint density at radius 3 is 2.29 bits per heavy atom. The Morgan fingerprint density at radius 1 is 1.04 bits per heavy atom. The predicted molar refractivity (Wildman–Crippen MR) is 91.6 cm³/mol. The highest BCUT2D eigenvalue weighted by Gasteiger charge is 2.14. The first kappa shape index (κ1) is 17.4. The van der Waals surface area contributed by atoms with Crippen molar-refractivity contribution in [1.29, 1.82) is 10.5 Å². The van der Waals surface area contributed by atoms with Crippen LogP contribution < -0.4 is 10.0 Å². The summed E-state index contributed by atoms with van der Waals surface area (Å²) < 4.78 is 27.1. The molecule has 120 valence electrons. The zero-order valence-corrected chi connectivity index (χ0v) is 13.8. The van der Waals surface area contributed by atoms with E-state index in [-0.39, 0.29) is 10.5 Å². The summed E-state index contributed by atoms with van der Waals surface area (Å²) in [6.45, 7) is 0. The number of rotatable bonds is 5. The summed E-state index contributed by atoms with van der Waals surface area (Å²) in [5.41, 5.74) is 0.814. The van der Waals surface area contributed by atoms with Gasteiger partial charge in [0.1, 0.15) is 17.7 Å². The Kier molecular flexibility index (Phi) is 5.43. The molecule has 0 heterocycles. The Morgan fingerprint density at radius 2 is 1.71 bits per heavy atom. The van der Waals surface area contributed by atoms with Crippen molar-refractivity contribution in [3.05, 3.63) is 65.3 Å². The molecule has 2 aromatic rings. The third-order valence-electron chi connectivity index (χ3n) is 2.87. The molecule has 0 unspecified atom stereocenters. The molecule has 2 rings (SSSR count). The number of hydrogen-bond donors (Lipinski definition) is 2. The van der Waals surface area contributed by atoms with Crippen LogP contribution in [0.4, 0.5) is 11.4 Å². The van der Waals surface area contributed by atoms with Crippen LogP contribution in [-0.4, -0.2) is 8.42 Å². The molecule has 8 heteroatoms. The maximum absolute atomic E-state index is 12.3. The Balaban J connectivity index is 2.16. The van der Waals surface area contributed by atoms with Gasteiger partial charge in [0.15, 0.2) is 0 Å². The van der Waals surface area contributed by atoms with Crippen molar-refractivity contribution in [3.63, 3.8) is 0 Å². The van der Waals surface area contributed by atoms with Crippen LogP contribution in [0.5, 0.6) is 0 Å². The van der Waals surface area contributed by atoms with Crippen molar-refractivity contribution >= 4 is 33.0 Å². The maximum Gasteiger partial charge on any atom is 0.261 e. The highest BCUT2D eigenvalue weighted by molar-refractivity contribution is 7.92. The molecule has 24 heavy (non-hydrogen) atoms. The SMILES string of the molecule is N#CC(C#N)=CNc1ccc(S(=O)(=O)Nc2cccc(Cl)c2)cc1. The van der Waals surface area contributed by atoms with Crippen LogP contribution in [0.25, 0.3) is 0 Å². The van der Waals surface area contributed by atoms with Crippen LogP contribution in [0.3, 0.4) is 0 Å². The van der Waals surface area contributed by atoms with Crippen LogP contribution in [0, 0.1) is 22.7 Å². The average Bonchev–Trinajstić information content (AvgIpc) is 2.56. The highest BCUT2D eigenvalue weighted by Crippen LogP contribution is 2.20. The van der Waals surface area contributed by atoms with Crippen molar-refractivity contribution in [2.45, 2.75) is 4.90 Å². The smallest absolute Gasteiger partial charge is 0.261 e. The maximum atomic E-state index is 12.3. The van der Waals surface area contributed by atoms with E-state index in [1.165, 1.54) is 36.5 Å². The molecule has 2 N–H and O–H groups in total. The lowest BCUT2D eigenvalue weighted by Gasteiger charge is -2.09. The van der Waals surface area contributed by atoms with Crippen LogP contribution in [0.1, 0.15) is 0 Å². The zero-order valence-electron chi connectivity index (χ0n) is 12.2. The van der Waals surface area contributed by atoms with Gasteiger partial charge in [-0.15, -0.1) is 0 Å². The standard InChI is InChI=1S/C16H11ClN4O2S/c17-13-2-1-3-15(8-13)21-24(22,23)16-6-4-14(5-7-16)20-11-12(9-18)10-19/h1-8,11,20-21H. The molecular weight excluding hydrogens is 348 g/mol. The third-order valence-corrected chi connectivity index (χ3v) is 4.50. The van der Waals surface area contributed by atoms with Gasteiger partial charge in [-0.05, 0) is 42.5 Å². The number of nitrogens with zero attached hydrogens (tertiary/aromatic N) is 2. The molecule has 0 aliphatic carbocycles. The molecule has 0 radical (unpaired) electrons. The normalized spacial score (nSPS) is 10.1. The zero-order chi connectivity index (χ0) is 17.6. The molecular formula is C16H11ClN4O2S. The quantitative estimate of drug-likeness (QED) is 0.796. The molecule has 0 atom stereocenters. The summed E-state index contributed by atoms with van der Waals surface area (Å²) in [5, 5.41) is 20.4. The molecule has 0 fully saturated rings. The van der Waals surface area contributed by atoms with Gasteiger partial charge in [0.2, 0.25) is 0 Å². The molecule has 0 aliphatic heterocycles. The third kappa shape index (κ3) is 4.50. The number of nitrogens with one attached hydrogen (secondary N) is 2. The van der Waals surface area contributed by atoms with Crippen molar-refractivity contribution in [3.8, 4) is 12.1 Å². The number of hydrogen-bond acceptors (Lipinski definition) is 5. The van der Waals surface area contributed by atoms with Crippen molar-refractivity contribution < 1.29 is 8.42 Å². The minimum Gasteiger partial charge on any atom is -0.360 e. The second-order valence-corrected chi connectivity index (χ2v) is 6.69. The van der Waals surface area contributed by atoms with Gasteiger partial charge < -0.3 is 5.32 Å². The summed E-state index contributed by atoms with van der Waals surface area (Å²) in [6, 6.07) is 15.7. The molecule has 0 amide bonds. The Bertz CT molecular complexity index is 939. The number of allylic oxidation sites excluding steroid dienone is 1. The van der Waals surface area contributed by atoms with Gasteiger partial charge in [-0.25, -0.2) is 8.42 Å². The fraction of sp³-hybridized carbons (Fsp3) is 0. The van der Waals surface area contributed by atoms with Crippen molar-refractivity contribution in [1.82, 2.24) is 0 Å². The van der Waals surface area contributed by atoms with E-state index in [0.717, 1.165) is 0 Å². The molecule has 0 spiro atoms. The lowest BCUT2D eigenvalue weighted by molar-refractivity contribution is 0.601. The predicted octanol–water partition coefficient (Wildman–Crippen LogP) is 3.48. The summed E-state index contributed by atoms with van der Waals surface area (Å²) in [6.07, 6.45) is 1.24. The van der Waals surface area contributed by atoms with E-state index in [0.29, 0.717) is 16.4 Å². The minimum absolute atomic E-state index is 0.0674. The molecule has 0 saturated heterocycles. The Hall–Kier alpha value is -3.00. The first-order valence-electron chi connectivity index (χ1n) is 6.60. The monoisotopic (exact) mass is 358 g/mol. The Labute approximate surface area is 144 Å². The van der Waals surface area contributed by atoms with E-state index in [1.54, 1.807) is 30.3 Å². The number of halogens is 1. The van der Waals surface area contributed by atoms with E-state index in [1.807, 2.05) is 0 Å². The van der Waals surface area contributed by atoms with E-state index in [4.69, 9.17) is 22.1 Å². The van der Waals surface area contributed by atoms with Crippen LogP contribution in [0.2, 0.25) is 5.02 Å². The first-order valence-corrected chi connectivity index (χ1v) is 8.46. The molecule has 0 bridgehead atoms. The number of sulfonamides is 1. The second-order valence-electron chi connectivity index (χ2n) is 4.57. The van der Waals surface area contributed by atoms with Crippen molar-refractivity contribution in [2.24, 2.45) is 0 Å². The largest absolute Gasteiger partial charge is 0.360 e.